The molecule has 11 heavy (non-hydrogen) atoms. The van der Waals surface area contributed by atoms with E-state index in [2.05, 4.69) is 0 Å². The molecular weight excluding hydrogens is 169 g/mol. The van der Waals surface area contributed by atoms with Crippen molar-refractivity contribution < 1.29 is 9.50 Å². The highest BCUT2D eigenvalue weighted by Crippen LogP contribution is 2.24. The Morgan fingerprint density at radius 1 is 1.55 bits per heavy atom. The number of nitrogens with zero attached hydrogens (tertiary/aromatic N) is 1. The van der Waals surface area contributed by atoms with Gasteiger partial charge < -0.3 is 5.11 Å². The van der Waals surface area contributed by atoms with Crippen molar-refractivity contribution >= 4 is 11.6 Å². The summed E-state index contributed by atoms with van der Waals surface area (Å²) in [7, 11) is 0. The number of rotatable bonds is 0. The van der Waals surface area contributed by atoms with Crippen LogP contribution in [0.25, 0.3) is 0 Å². The Labute approximate surface area is 67.5 Å². The van der Waals surface area contributed by atoms with Gasteiger partial charge in [0, 0.05) is 5.02 Å². The topological polar surface area (TPSA) is 44.0 Å². The number of benzene rings is 1. The van der Waals surface area contributed by atoms with Gasteiger partial charge in [-0.2, -0.15) is 5.26 Å². The third-order valence-electron chi connectivity index (χ3n) is 1.15. The van der Waals surface area contributed by atoms with Gasteiger partial charge in [-0.1, -0.05) is 11.6 Å². The van der Waals surface area contributed by atoms with Gasteiger partial charge in [0.1, 0.15) is 6.07 Å². The Morgan fingerprint density at radius 2 is 2.18 bits per heavy atom. The zero-order valence-electron chi connectivity index (χ0n) is 5.31. The van der Waals surface area contributed by atoms with Crippen molar-refractivity contribution in [3.63, 3.8) is 0 Å². The second kappa shape index (κ2) is 2.77. The molecule has 56 valence electrons. The van der Waals surface area contributed by atoms with Crippen LogP contribution in [0.3, 0.4) is 0 Å². The second-order valence-electron chi connectivity index (χ2n) is 1.90. The second-order valence-corrected chi connectivity index (χ2v) is 2.33. The van der Waals surface area contributed by atoms with Crippen molar-refractivity contribution in [2.45, 2.75) is 0 Å². The monoisotopic (exact) mass is 171 g/mol. The molecule has 1 rings (SSSR count). The first-order valence-electron chi connectivity index (χ1n) is 2.73. The van der Waals surface area contributed by atoms with Crippen LogP contribution in [0.15, 0.2) is 12.1 Å². The molecule has 0 fully saturated rings. The van der Waals surface area contributed by atoms with E-state index in [1.54, 1.807) is 6.07 Å². The highest BCUT2D eigenvalue weighted by atomic mass is 35.5. The summed E-state index contributed by atoms with van der Waals surface area (Å²) in [4.78, 5) is 0. The van der Waals surface area contributed by atoms with Crippen LogP contribution >= 0.6 is 11.6 Å². The molecule has 0 spiro atoms. The molecule has 0 amide bonds. The molecule has 0 radical (unpaired) electrons. The predicted octanol–water partition coefficient (Wildman–Crippen LogP) is 2.06. The molecule has 0 aliphatic rings. The van der Waals surface area contributed by atoms with Gasteiger partial charge in [-0.05, 0) is 12.1 Å². The van der Waals surface area contributed by atoms with E-state index < -0.39 is 11.6 Å². The van der Waals surface area contributed by atoms with E-state index in [1.165, 1.54) is 6.07 Å². The fraction of sp³-hybridized carbons (Fsp3) is 0. The molecule has 1 aromatic rings. The van der Waals surface area contributed by atoms with Gasteiger partial charge in [0.2, 0.25) is 0 Å². The summed E-state index contributed by atoms with van der Waals surface area (Å²) < 4.78 is 12.5. The Kier molecular flexibility index (Phi) is 1.97. The molecule has 0 saturated heterocycles. The van der Waals surface area contributed by atoms with Crippen LogP contribution in [0.1, 0.15) is 5.56 Å². The number of halogens is 2. The third-order valence-corrected chi connectivity index (χ3v) is 1.37. The minimum atomic E-state index is -0.881. The van der Waals surface area contributed by atoms with Crippen molar-refractivity contribution in [1.29, 1.82) is 5.26 Å². The summed E-state index contributed by atoms with van der Waals surface area (Å²) in [6.07, 6.45) is 0. The number of hydrogen-bond donors (Lipinski definition) is 1. The number of nitriles is 1. The first-order valence-corrected chi connectivity index (χ1v) is 3.11. The molecule has 2 nitrogen and oxygen atoms in total. The van der Waals surface area contributed by atoms with E-state index >= 15 is 0 Å². The van der Waals surface area contributed by atoms with E-state index in [9.17, 15) is 4.39 Å². The summed E-state index contributed by atoms with van der Waals surface area (Å²) in [5.41, 5.74) is -0.157. The van der Waals surface area contributed by atoms with Gasteiger partial charge in [0.15, 0.2) is 11.6 Å². The predicted molar refractivity (Wildman–Crippen MR) is 37.8 cm³/mol. The standard InChI is InChI=1S/C7H3ClFNO/c8-5-1-4(3-10)7(11)6(9)2-5/h1-2,11H. The van der Waals surface area contributed by atoms with Crippen LogP contribution < -0.4 is 0 Å². The first-order chi connectivity index (χ1) is 5.15. The van der Waals surface area contributed by atoms with E-state index in [1.807, 2.05) is 0 Å². The molecule has 0 aromatic heterocycles. The number of phenols is 1. The van der Waals surface area contributed by atoms with Gasteiger partial charge >= 0.3 is 0 Å². The lowest BCUT2D eigenvalue weighted by atomic mass is 10.2. The maximum atomic E-state index is 12.5. The average molecular weight is 172 g/mol. The Hall–Kier alpha value is -1.27. The van der Waals surface area contributed by atoms with Crippen molar-refractivity contribution in [2.24, 2.45) is 0 Å². The lowest BCUT2D eigenvalue weighted by Gasteiger charge is -1.97. The van der Waals surface area contributed by atoms with E-state index in [0.29, 0.717) is 0 Å². The summed E-state index contributed by atoms with van der Waals surface area (Å²) in [5.74, 6) is -1.54. The van der Waals surface area contributed by atoms with E-state index in [0.717, 1.165) is 6.07 Å². The SMILES string of the molecule is N#Cc1cc(Cl)cc(F)c1O. The summed E-state index contributed by atoms with van der Waals surface area (Å²) in [5, 5.41) is 17.3. The van der Waals surface area contributed by atoms with Crippen LogP contribution in [-0.2, 0) is 0 Å². The molecule has 4 heteroatoms. The normalized spacial score (nSPS) is 9.18. The molecule has 1 N–H and O–H groups in total. The number of hydrogen-bond acceptors (Lipinski definition) is 2. The summed E-state index contributed by atoms with van der Waals surface area (Å²) >= 11 is 5.40. The zero-order valence-corrected chi connectivity index (χ0v) is 6.06. The van der Waals surface area contributed by atoms with Crippen molar-refractivity contribution in [2.75, 3.05) is 0 Å². The molecule has 0 aliphatic carbocycles. The highest BCUT2D eigenvalue weighted by molar-refractivity contribution is 6.30. The Bertz CT molecular complexity index is 332. The lowest BCUT2D eigenvalue weighted by molar-refractivity contribution is 0.431. The van der Waals surface area contributed by atoms with Crippen molar-refractivity contribution in [3.8, 4) is 11.8 Å². The van der Waals surface area contributed by atoms with Crippen LogP contribution in [0.4, 0.5) is 4.39 Å². The van der Waals surface area contributed by atoms with Gasteiger partial charge in [0.05, 0.1) is 5.56 Å². The molecule has 0 aliphatic heterocycles. The van der Waals surface area contributed by atoms with Crippen molar-refractivity contribution in [1.82, 2.24) is 0 Å². The largest absolute Gasteiger partial charge is 0.504 e. The van der Waals surface area contributed by atoms with E-state index in [4.69, 9.17) is 22.0 Å². The molecule has 0 unspecified atom stereocenters. The Balaban J connectivity index is 3.39. The lowest BCUT2D eigenvalue weighted by Crippen LogP contribution is -1.81. The smallest absolute Gasteiger partial charge is 0.169 e. The van der Waals surface area contributed by atoms with Crippen LogP contribution in [0.5, 0.6) is 5.75 Å². The molecule has 1 aromatic carbocycles. The Morgan fingerprint density at radius 3 is 2.73 bits per heavy atom. The minimum absolute atomic E-state index is 0.0943. The summed E-state index contributed by atoms with van der Waals surface area (Å²) in [6, 6.07) is 3.74. The number of aromatic hydroxyl groups is 1. The maximum Gasteiger partial charge on any atom is 0.169 e. The number of phenolic OH excluding ortho intramolecular Hbond substituents is 1. The quantitative estimate of drug-likeness (QED) is 0.649. The van der Waals surface area contributed by atoms with Crippen molar-refractivity contribution in [3.05, 3.63) is 28.5 Å². The van der Waals surface area contributed by atoms with Gasteiger partial charge in [-0.25, -0.2) is 4.39 Å². The van der Waals surface area contributed by atoms with Gasteiger partial charge in [0.25, 0.3) is 0 Å². The minimum Gasteiger partial charge on any atom is -0.504 e. The van der Waals surface area contributed by atoms with Gasteiger partial charge in [-0.15, -0.1) is 0 Å². The zero-order chi connectivity index (χ0) is 8.43. The molecule has 0 bridgehead atoms. The van der Waals surface area contributed by atoms with Gasteiger partial charge in [-0.3, -0.25) is 0 Å². The molecule has 0 atom stereocenters. The highest BCUT2D eigenvalue weighted by Gasteiger charge is 2.07. The first kappa shape index (κ1) is 7.83. The molecule has 0 saturated carbocycles. The fourth-order valence-corrected chi connectivity index (χ4v) is 0.856. The van der Waals surface area contributed by atoms with Crippen LogP contribution in [0, 0.1) is 17.1 Å². The maximum absolute atomic E-state index is 12.5. The fourth-order valence-electron chi connectivity index (χ4n) is 0.651. The third kappa shape index (κ3) is 1.41. The molecular formula is C7H3ClFNO. The average Bonchev–Trinajstić information content (AvgIpc) is 1.96. The molecule has 0 heterocycles. The van der Waals surface area contributed by atoms with E-state index in [-0.39, 0.29) is 10.6 Å². The van der Waals surface area contributed by atoms with Crippen LogP contribution in [-0.4, -0.2) is 5.11 Å². The summed E-state index contributed by atoms with van der Waals surface area (Å²) in [6.45, 7) is 0. The van der Waals surface area contributed by atoms with Crippen LogP contribution in [0.2, 0.25) is 5.02 Å².